The minimum absolute atomic E-state index is 0.0257. The monoisotopic (exact) mass is 352 g/mol. The Morgan fingerprint density at radius 2 is 2.08 bits per heavy atom. The van der Waals surface area contributed by atoms with Crippen molar-refractivity contribution in [1.29, 1.82) is 0 Å². The fourth-order valence-electron chi connectivity index (χ4n) is 2.34. The molecule has 0 spiro atoms. The van der Waals surface area contributed by atoms with E-state index in [4.69, 9.17) is 25.5 Å². The number of aromatic hydroxyl groups is 1. The number of carbonyl (C=O) groups excluding carboxylic acids is 1. The van der Waals surface area contributed by atoms with Crippen LogP contribution in [-0.2, 0) is 20.9 Å². The number of ether oxygens (including phenoxy) is 2. The predicted molar refractivity (Wildman–Crippen MR) is 87.3 cm³/mol. The van der Waals surface area contributed by atoms with Gasteiger partial charge in [-0.15, -0.1) is 0 Å². The molecule has 0 saturated heterocycles. The van der Waals surface area contributed by atoms with Gasteiger partial charge in [0.25, 0.3) is 0 Å². The quantitative estimate of drug-likeness (QED) is 0.804. The summed E-state index contributed by atoms with van der Waals surface area (Å²) in [6.07, 6.45) is -0.121. The molecule has 0 saturated carbocycles. The molecule has 6 nitrogen and oxygen atoms in total. The summed E-state index contributed by atoms with van der Waals surface area (Å²) in [5.41, 5.74) is 0.00103. The second kappa shape index (κ2) is 7.99. The molecule has 0 aliphatic carbocycles. The molecule has 0 aliphatic heterocycles. The van der Waals surface area contributed by atoms with Crippen molar-refractivity contribution in [3.05, 3.63) is 62.7 Å². The van der Waals surface area contributed by atoms with Crippen LogP contribution in [0.5, 0.6) is 5.75 Å². The molecule has 1 heterocycles. The Morgan fingerprint density at radius 3 is 2.71 bits per heavy atom. The number of carbonyl (C=O) groups is 1. The second-order valence-electron chi connectivity index (χ2n) is 5.11. The molecule has 2 rings (SSSR count). The summed E-state index contributed by atoms with van der Waals surface area (Å²) in [4.78, 5) is 23.8. The zero-order valence-corrected chi connectivity index (χ0v) is 14.0. The molecule has 0 aliphatic rings. The molecule has 7 heteroatoms. The fourth-order valence-corrected chi connectivity index (χ4v) is 2.54. The van der Waals surface area contributed by atoms with Gasteiger partial charge in [0.05, 0.1) is 19.4 Å². The van der Waals surface area contributed by atoms with Crippen LogP contribution >= 0.6 is 11.6 Å². The van der Waals surface area contributed by atoms with E-state index >= 15 is 0 Å². The summed E-state index contributed by atoms with van der Waals surface area (Å²) in [5.74, 6) is -1.57. The highest BCUT2D eigenvalue weighted by Crippen LogP contribution is 2.34. The standard InChI is InChI=1S/C17H17ClO6/c1-22-9-12-7-14(19)16(21)17(24-12)13(8-15(20)23-2)10-4-3-5-11(18)6-10/h3-7,13,21H,8-9H2,1-2H3. The van der Waals surface area contributed by atoms with Crippen LogP contribution in [-0.4, -0.2) is 25.3 Å². The highest BCUT2D eigenvalue weighted by molar-refractivity contribution is 6.30. The first-order valence-electron chi connectivity index (χ1n) is 7.13. The van der Waals surface area contributed by atoms with Gasteiger partial charge in [-0.05, 0) is 17.7 Å². The van der Waals surface area contributed by atoms with Crippen LogP contribution in [0.3, 0.4) is 0 Å². The second-order valence-corrected chi connectivity index (χ2v) is 5.55. The molecule has 0 radical (unpaired) electrons. The van der Waals surface area contributed by atoms with Crippen LogP contribution in [0.2, 0.25) is 5.02 Å². The Bertz CT molecular complexity index is 783. The first-order valence-corrected chi connectivity index (χ1v) is 7.51. The van der Waals surface area contributed by atoms with Gasteiger partial charge < -0.3 is 19.0 Å². The maximum Gasteiger partial charge on any atom is 0.306 e. The average Bonchev–Trinajstić information content (AvgIpc) is 2.56. The van der Waals surface area contributed by atoms with E-state index < -0.39 is 23.1 Å². The Labute approximate surface area is 143 Å². The van der Waals surface area contributed by atoms with Gasteiger partial charge in [0.1, 0.15) is 12.4 Å². The van der Waals surface area contributed by atoms with Gasteiger partial charge in [-0.25, -0.2) is 0 Å². The molecule has 128 valence electrons. The van der Waals surface area contributed by atoms with Crippen LogP contribution in [0, 0.1) is 0 Å². The topological polar surface area (TPSA) is 86.0 Å². The first-order chi connectivity index (χ1) is 11.5. The number of methoxy groups -OCH3 is 2. The lowest BCUT2D eigenvalue weighted by atomic mass is 9.92. The molecule has 1 aromatic heterocycles. The highest BCUT2D eigenvalue weighted by atomic mass is 35.5. The normalized spacial score (nSPS) is 12.0. The lowest BCUT2D eigenvalue weighted by Crippen LogP contribution is -2.14. The molecular formula is C17H17ClO6. The van der Waals surface area contributed by atoms with Crippen molar-refractivity contribution < 1.29 is 23.8 Å². The predicted octanol–water partition coefficient (Wildman–Crippen LogP) is 2.84. The Hall–Kier alpha value is -2.31. The Kier molecular flexibility index (Phi) is 6.00. The SMILES string of the molecule is COCc1cc(=O)c(O)c(C(CC(=O)OC)c2cccc(Cl)c2)o1. The van der Waals surface area contributed by atoms with Gasteiger partial charge in [0.2, 0.25) is 11.2 Å². The van der Waals surface area contributed by atoms with E-state index in [2.05, 4.69) is 0 Å². The van der Waals surface area contributed by atoms with Crippen molar-refractivity contribution in [2.24, 2.45) is 0 Å². The summed E-state index contributed by atoms with van der Waals surface area (Å²) in [7, 11) is 2.71. The zero-order chi connectivity index (χ0) is 17.7. The number of esters is 1. The third kappa shape index (κ3) is 4.15. The molecule has 1 N–H and O–H groups in total. The van der Waals surface area contributed by atoms with Crippen LogP contribution < -0.4 is 5.43 Å². The van der Waals surface area contributed by atoms with E-state index in [9.17, 15) is 14.7 Å². The van der Waals surface area contributed by atoms with E-state index in [0.29, 0.717) is 10.6 Å². The van der Waals surface area contributed by atoms with Gasteiger partial charge >= 0.3 is 5.97 Å². The minimum Gasteiger partial charge on any atom is -0.502 e. The third-order valence-electron chi connectivity index (χ3n) is 3.45. The number of halogens is 1. The highest BCUT2D eigenvalue weighted by Gasteiger charge is 2.26. The van der Waals surface area contributed by atoms with E-state index in [-0.39, 0.29) is 24.5 Å². The number of benzene rings is 1. The summed E-state index contributed by atoms with van der Waals surface area (Å²) in [6, 6.07) is 7.89. The number of hydrogen-bond acceptors (Lipinski definition) is 6. The van der Waals surface area contributed by atoms with Gasteiger partial charge in [-0.2, -0.15) is 0 Å². The van der Waals surface area contributed by atoms with Gasteiger partial charge in [-0.1, -0.05) is 23.7 Å². The van der Waals surface area contributed by atoms with E-state index in [0.717, 1.165) is 6.07 Å². The van der Waals surface area contributed by atoms with Crippen molar-refractivity contribution in [3.8, 4) is 5.75 Å². The van der Waals surface area contributed by atoms with Crippen LogP contribution in [0.15, 0.2) is 39.5 Å². The third-order valence-corrected chi connectivity index (χ3v) is 3.69. The molecule has 2 aromatic rings. The molecule has 0 bridgehead atoms. The lowest BCUT2D eigenvalue weighted by molar-refractivity contribution is -0.140. The fraction of sp³-hybridized carbons (Fsp3) is 0.294. The first kappa shape index (κ1) is 18.0. The molecule has 1 atom stereocenters. The maximum absolute atomic E-state index is 12.0. The molecule has 1 unspecified atom stereocenters. The van der Waals surface area contributed by atoms with Crippen LogP contribution in [0.25, 0.3) is 0 Å². The van der Waals surface area contributed by atoms with E-state index in [1.165, 1.54) is 14.2 Å². The van der Waals surface area contributed by atoms with Gasteiger partial charge in [-0.3, -0.25) is 9.59 Å². The van der Waals surface area contributed by atoms with Crippen molar-refractivity contribution in [1.82, 2.24) is 0 Å². The van der Waals surface area contributed by atoms with E-state index in [1.807, 2.05) is 0 Å². The Balaban J connectivity index is 2.58. The molecule has 1 aromatic carbocycles. The number of hydrogen-bond donors (Lipinski definition) is 1. The molecule has 0 fully saturated rings. The van der Waals surface area contributed by atoms with Crippen molar-refractivity contribution in [2.45, 2.75) is 18.9 Å². The lowest BCUT2D eigenvalue weighted by Gasteiger charge is -2.17. The summed E-state index contributed by atoms with van der Waals surface area (Å²) < 4.78 is 15.3. The van der Waals surface area contributed by atoms with Crippen molar-refractivity contribution in [2.75, 3.05) is 14.2 Å². The average molecular weight is 353 g/mol. The summed E-state index contributed by atoms with van der Waals surface area (Å²) in [5, 5.41) is 10.6. The largest absolute Gasteiger partial charge is 0.502 e. The maximum atomic E-state index is 12.0. The molecule has 24 heavy (non-hydrogen) atoms. The van der Waals surface area contributed by atoms with Crippen LogP contribution in [0.1, 0.15) is 29.4 Å². The minimum atomic E-state index is -0.722. The van der Waals surface area contributed by atoms with Crippen LogP contribution in [0.4, 0.5) is 0 Å². The van der Waals surface area contributed by atoms with E-state index in [1.54, 1.807) is 24.3 Å². The van der Waals surface area contributed by atoms with Crippen molar-refractivity contribution >= 4 is 17.6 Å². The van der Waals surface area contributed by atoms with Gasteiger partial charge in [0, 0.05) is 18.2 Å². The molecule has 0 amide bonds. The van der Waals surface area contributed by atoms with Crippen molar-refractivity contribution in [3.63, 3.8) is 0 Å². The Morgan fingerprint density at radius 1 is 1.33 bits per heavy atom. The smallest absolute Gasteiger partial charge is 0.306 e. The molecular weight excluding hydrogens is 336 g/mol. The summed E-state index contributed by atoms with van der Waals surface area (Å²) in [6.45, 7) is 0.0585. The van der Waals surface area contributed by atoms with Gasteiger partial charge in [0.15, 0.2) is 5.76 Å². The zero-order valence-electron chi connectivity index (χ0n) is 13.2. The number of rotatable bonds is 6. The summed E-state index contributed by atoms with van der Waals surface area (Å²) >= 11 is 6.01.